The fourth-order valence-electron chi connectivity index (χ4n) is 3.19. The number of halogens is 1. The van der Waals surface area contributed by atoms with E-state index in [1.165, 1.54) is 11.1 Å². The number of nitrogens with one attached hydrogen (secondary N) is 1. The van der Waals surface area contributed by atoms with Crippen LogP contribution in [0, 0.1) is 13.8 Å². The van der Waals surface area contributed by atoms with Crippen molar-refractivity contribution in [2.45, 2.75) is 32.4 Å². The van der Waals surface area contributed by atoms with Gasteiger partial charge < -0.3 is 15.2 Å². The molecule has 2 atom stereocenters. The fourth-order valence-corrected chi connectivity index (χ4v) is 3.46. The molecule has 0 aliphatic rings. The molecule has 0 aromatic heterocycles. The normalized spacial score (nSPS) is 13.0. The third kappa shape index (κ3) is 5.15. The molecule has 0 radical (unpaired) electrons. The van der Waals surface area contributed by atoms with E-state index in [0.717, 1.165) is 27.0 Å². The second kappa shape index (κ2) is 9.26. The number of aliphatic hydroxyl groups is 1. The number of benzene rings is 3. The molecule has 0 aliphatic carbocycles. The number of ether oxygens (including phenoxy) is 1. The van der Waals surface area contributed by atoms with Gasteiger partial charge in [0.1, 0.15) is 5.75 Å². The van der Waals surface area contributed by atoms with Crippen LogP contribution < -0.4 is 10.1 Å². The third-order valence-corrected chi connectivity index (χ3v) is 5.61. The lowest BCUT2D eigenvalue weighted by molar-refractivity contribution is 0.160. The minimum absolute atomic E-state index is 0.0355. The standard InChI is InChI=1S/C24H26BrNO2/c1-16-4-11-21(14-17(16)2)26-23(18-7-12-22(28-3)13-8-18)15-24(27)19-5-9-20(25)10-6-19/h4-14,23-24,26-27H,15H2,1-3H3. The van der Waals surface area contributed by atoms with Crippen molar-refractivity contribution in [2.24, 2.45) is 0 Å². The second-order valence-corrected chi connectivity index (χ2v) is 7.99. The molecule has 0 amide bonds. The van der Waals surface area contributed by atoms with Crippen molar-refractivity contribution in [1.82, 2.24) is 0 Å². The van der Waals surface area contributed by atoms with Crippen molar-refractivity contribution >= 4 is 21.6 Å². The Morgan fingerprint density at radius 3 is 2.14 bits per heavy atom. The Bertz CT molecular complexity index is 907. The van der Waals surface area contributed by atoms with Gasteiger partial charge in [-0.15, -0.1) is 0 Å². The average molecular weight is 440 g/mol. The molecule has 0 spiro atoms. The maximum atomic E-state index is 10.8. The smallest absolute Gasteiger partial charge is 0.118 e. The number of anilines is 1. The molecular weight excluding hydrogens is 414 g/mol. The summed E-state index contributed by atoms with van der Waals surface area (Å²) in [7, 11) is 1.66. The molecule has 3 aromatic rings. The first-order chi connectivity index (χ1) is 13.5. The Morgan fingerprint density at radius 2 is 1.54 bits per heavy atom. The first-order valence-electron chi connectivity index (χ1n) is 9.37. The molecule has 0 fully saturated rings. The maximum Gasteiger partial charge on any atom is 0.118 e. The van der Waals surface area contributed by atoms with Crippen molar-refractivity contribution in [3.8, 4) is 5.75 Å². The van der Waals surface area contributed by atoms with E-state index < -0.39 is 6.10 Å². The number of aryl methyl sites for hydroxylation is 2. The van der Waals surface area contributed by atoms with Gasteiger partial charge in [-0.2, -0.15) is 0 Å². The van der Waals surface area contributed by atoms with Gasteiger partial charge in [-0.25, -0.2) is 0 Å². The highest BCUT2D eigenvalue weighted by atomic mass is 79.9. The summed E-state index contributed by atoms with van der Waals surface area (Å²) in [6.45, 7) is 4.22. The van der Waals surface area contributed by atoms with Crippen molar-refractivity contribution < 1.29 is 9.84 Å². The van der Waals surface area contributed by atoms with Crippen LogP contribution >= 0.6 is 15.9 Å². The number of hydrogen-bond acceptors (Lipinski definition) is 3. The summed E-state index contributed by atoms with van der Waals surface area (Å²) in [6, 6.07) is 22.1. The lowest BCUT2D eigenvalue weighted by atomic mass is 9.96. The molecular formula is C24H26BrNO2. The Balaban J connectivity index is 1.86. The van der Waals surface area contributed by atoms with E-state index in [4.69, 9.17) is 4.74 Å². The monoisotopic (exact) mass is 439 g/mol. The van der Waals surface area contributed by atoms with Crippen LogP contribution in [-0.2, 0) is 0 Å². The molecule has 0 saturated carbocycles. The second-order valence-electron chi connectivity index (χ2n) is 7.07. The van der Waals surface area contributed by atoms with Gasteiger partial charge in [-0.1, -0.05) is 46.3 Å². The number of hydrogen-bond donors (Lipinski definition) is 2. The summed E-state index contributed by atoms with van der Waals surface area (Å²) in [5.74, 6) is 0.821. The Kier molecular flexibility index (Phi) is 6.76. The zero-order valence-corrected chi connectivity index (χ0v) is 18.0. The largest absolute Gasteiger partial charge is 0.497 e. The van der Waals surface area contributed by atoms with Gasteiger partial charge in [0.05, 0.1) is 19.3 Å². The Hall–Kier alpha value is -2.30. The van der Waals surface area contributed by atoms with Gasteiger partial charge in [0.15, 0.2) is 0 Å². The molecule has 0 saturated heterocycles. The molecule has 4 heteroatoms. The molecule has 3 rings (SSSR count). The van der Waals surface area contributed by atoms with E-state index >= 15 is 0 Å². The highest BCUT2D eigenvalue weighted by Gasteiger charge is 2.18. The van der Waals surface area contributed by atoms with E-state index in [-0.39, 0.29) is 6.04 Å². The van der Waals surface area contributed by atoms with Gasteiger partial charge >= 0.3 is 0 Å². The van der Waals surface area contributed by atoms with Crippen LogP contribution in [0.4, 0.5) is 5.69 Å². The van der Waals surface area contributed by atoms with Crippen LogP contribution in [0.5, 0.6) is 5.75 Å². The van der Waals surface area contributed by atoms with Crippen LogP contribution in [0.15, 0.2) is 71.2 Å². The minimum atomic E-state index is -0.570. The predicted octanol–water partition coefficient (Wildman–Crippen LogP) is 6.35. The first kappa shape index (κ1) is 20.4. The van der Waals surface area contributed by atoms with Crippen LogP contribution in [0.3, 0.4) is 0 Å². The van der Waals surface area contributed by atoms with Gasteiger partial charge in [-0.05, 0) is 72.5 Å². The molecule has 3 aromatic carbocycles. The van der Waals surface area contributed by atoms with E-state index in [0.29, 0.717) is 6.42 Å². The van der Waals surface area contributed by atoms with Crippen LogP contribution in [0.25, 0.3) is 0 Å². The summed E-state index contributed by atoms with van der Waals surface area (Å²) < 4.78 is 6.29. The van der Waals surface area contributed by atoms with Crippen molar-refractivity contribution in [1.29, 1.82) is 0 Å². The molecule has 0 bridgehead atoms. The van der Waals surface area contributed by atoms with E-state index in [9.17, 15) is 5.11 Å². The van der Waals surface area contributed by atoms with Crippen molar-refractivity contribution in [3.05, 3.63) is 93.5 Å². The summed E-state index contributed by atoms with van der Waals surface area (Å²) in [5, 5.41) is 14.4. The van der Waals surface area contributed by atoms with Crippen molar-refractivity contribution in [2.75, 3.05) is 12.4 Å². The highest BCUT2D eigenvalue weighted by Crippen LogP contribution is 2.31. The summed E-state index contributed by atoms with van der Waals surface area (Å²) in [5.41, 5.74) is 5.57. The van der Waals surface area contributed by atoms with Crippen LogP contribution in [0.1, 0.15) is 40.8 Å². The average Bonchev–Trinajstić information content (AvgIpc) is 2.70. The zero-order chi connectivity index (χ0) is 20.1. The minimum Gasteiger partial charge on any atom is -0.497 e. The summed E-state index contributed by atoms with van der Waals surface area (Å²) in [4.78, 5) is 0. The summed E-state index contributed by atoms with van der Waals surface area (Å²) >= 11 is 3.45. The van der Waals surface area contributed by atoms with Gasteiger partial charge in [0, 0.05) is 16.6 Å². The molecule has 2 unspecified atom stereocenters. The lowest BCUT2D eigenvalue weighted by Crippen LogP contribution is -2.15. The first-order valence-corrected chi connectivity index (χ1v) is 10.2. The van der Waals surface area contributed by atoms with Crippen LogP contribution in [-0.4, -0.2) is 12.2 Å². The Labute approximate surface area is 175 Å². The van der Waals surface area contributed by atoms with Gasteiger partial charge in [0.25, 0.3) is 0 Å². The van der Waals surface area contributed by atoms with Gasteiger partial charge in [0.2, 0.25) is 0 Å². The van der Waals surface area contributed by atoms with Crippen molar-refractivity contribution in [3.63, 3.8) is 0 Å². The predicted molar refractivity (Wildman–Crippen MR) is 119 cm³/mol. The SMILES string of the molecule is COc1ccc(C(CC(O)c2ccc(Br)cc2)Nc2ccc(C)c(C)c2)cc1. The van der Waals surface area contributed by atoms with Crippen LogP contribution in [0.2, 0.25) is 0 Å². The lowest BCUT2D eigenvalue weighted by Gasteiger charge is -2.24. The molecule has 0 heterocycles. The Morgan fingerprint density at radius 1 is 0.893 bits per heavy atom. The highest BCUT2D eigenvalue weighted by molar-refractivity contribution is 9.10. The molecule has 3 nitrogen and oxygen atoms in total. The molecule has 0 aliphatic heterocycles. The van der Waals surface area contributed by atoms with E-state index in [2.05, 4.69) is 53.3 Å². The quantitative estimate of drug-likeness (QED) is 0.450. The topological polar surface area (TPSA) is 41.5 Å². The van der Waals surface area contributed by atoms with Gasteiger partial charge in [-0.3, -0.25) is 0 Å². The zero-order valence-electron chi connectivity index (χ0n) is 16.4. The summed E-state index contributed by atoms with van der Waals surface area (Å²) in [6.07, 6.45) is -0.0137. The molecule has 2 N–H and O–H groups in total. The van der Waals surface area contributed by atoms with E-state index in [1.807, 2.05) is 48.5 Å². The number of rotatable bonds is 7. The number of aliphatic hydroxyl groups excluding tert-OH is 1. The molecule has 28 heavy (non-hydrogen) atoms. The third-order valence-electron chi connectivity index (χ3n) is 5.08. The fraction of sp³-hybridized carbons (Fsp3) is 0.250. The maximum absolute atomic E-state index is 10.8. The van der Waals surface area contributed by atoms with E-state index in [1.54, 1.807) is 7.11 Å². The number of methoxy groups -OCH3 is 1. The molecule has 146 valence electrons.